The summed E-state index contributed by atoms with van der Waals surface area (Å²) in [6, 6.07) is 11.1. The Bertz CT molecular complexity index is 596. The smallest absolute Gasteiger partial charge is 0.257 e. The molecule has 2 rings (SSSR count). The molecule has 1 aromatic heterocycles. The minimum atomic E-state index is -0.211. The van der Waals surface area contributed by atoms with E-state index in [1.165, 1.54) is 0 Å². The molecule has 4 nitrogen and oxygen atoms in total. The third-order valence-electron chi connectivity index (χ3n) is 2.74. The van der Waals surface area contributed by atoms with Crippen LogP contribution in [-0.2, 0) is 6.54 Å². The third-order valence-corrected chi connectivity index (χ3v) is 2.99. The Morgan fingerprint density at radius 1 is 1.15 bits per heavy atom. The molecule has 0 radical (unpaired) electrons. The maximum Gasteiger partial charge on any atom is 0.257 e. The highest BCUT2D eigenvalue weighted by Gasteiger charge is 2.06. The number of hydrogen-bond acceptors (Lipinski definition) is 3. The van der Waals surface area contributed by atoms with Crippen molar-refractivity contribution in [1.82, 2.24) is 15.6 Å². The van der Waals surface area contributed by atoms with Gasteiger partial charge in [-0.3, -0.25) is 15.1 Å². The van der Waals surface area contributed by atoms with Crippen LogP contribution in [0.4, 0.5) is 0 Å². The van der Waals surface area contributed by atoms with E-state index in [9.17, 15) is 4.79 Å². The second-order valence-corrected chi connectivity index (χ2v) is 4.77. The van der Waals surface area contributed by atoms with E-state index >= 15 is 0 Å². The molecule has 0 saturated carbocycles. The average molecular weight is 285 g/mol. The first-order chi connectivity index (χ1) is 9.65. The molecule has 1 amide bonds. The van der Waals surface area contributed by atoms with Crippen molar-refractivity contribution in [3.05, 3.63) is 65.5 Å². The Labute approximate surface area is 123 Å². The maximum absolute atomic E-state index is 11.9. The fourth-order valence-corrected chi connectivity index (χ4v) is 1.77. The molecule has 0 aliphatic carbocycles. The van der Waals surface area contributed by atoms with Gasteiger partial charge in [-0.1, -0.05) is 17.7 Å². The summed E-state index contributed by atoms with van der Waals surface area (Å²) in [4.78, 5) is 15.9. The first-order valence-electron chi connectivity index (χ1n) is 6.20. The van der Waals surface area contributed by atoms with Crippen LogP contribution < -0.4 is 10.6 Å². The van der Waals surface area contributed by atoms with Crippen LogP contribution in [0.25, 0.3) is 0 Å². The quantitative estimate of drug-likeness (QED) is 0.849. The molecule has 0 saturated heterocycles. The number of nitrogens with one attached hydrogen (secondary N) is 2. The maximum atomic E-state index is 11.9. The fraction of sp³-hybridized carbons (Fsp3) is 0.133. The minimum Gasteiger partial charge on any atom is -0.358 e. The summed E-state index contributed by atoms with van der Waals surface area (Å²) in [6.45, 7) is 2.53. The van der Waals surface area contributed by atoms with Crippen molar-refractivity contribution >= 4 is 23.2 Å². The Balaban J connectivity index is 1.85. The first-order valence-corrected chi connectivity index (χ1v) is 6.61. The number of pyridine rings is 1. The highest BCUT2D eigenvalue weighted by Crippen LogP contribution is 2.02. The first kappa shape index (κ1) is 14.1. The van der Waals surface area contributed by atoms with E-state index in [1.54, 1.807) is 24.5 Å². The number of carbonyl (C=O) groups is 1. The van der Waals surface area contributed by atoms with Crippen LogP contribution in [0.3, 0.4) is 0 Å². The summed E-state index contributed by atoms with van der Waals surface area (Å²) in [6.07, 6.45) is 3.43. The van der Waals surface area contributed by atoms with Crippen LogP contribution in [-0.4, -0.2) is 16.0 Å². The molecule has 5 heteroatoms. The molecule has 20 heavy (non-hydrogen) atoms. The third kappa shape index (κ3) is 4.13. The highest BCUT2D eigenvalue weighted by molar-refractivity contribution is 7.80. The van der Waals surface area contributed by atoms with Crippen molar-refractivity contribution in [1.29, 1.82) is 0 Å². The van der Waals surface area contributed by atoms with Crippen LogP contribution >= 0.6 is 12.2 Å². The van der Waals surface area contributed by atoms with E-state index < -0.39 is 0 Å². The van der Waals surface area contributed by atoms with E-state index in [1.807, 2.05) is 31.2 Å². The number of rotatable bonds is 3. The zero-order valence-corrected chi connectivity index (χ0v) is 11.9. The largest absolute Gasteiger partial charge is 0.358 e. The lowest BCUT2D eigenvalue weighted by Crippen LogP contribution is -2.38. The summed E-state index contributed by atoms with van der Waals surface area (Å²) >= 11 is 5.10. The number of aromatic nitrogens is 1. The Morgan fingerprint density at radius 2 is 1.80 bits per heavy atom. The van der Waals surface area contributed by atoms with Gasteiger partial charge in [0.05, 0.1) is 0 Å². The lowest BCUT2D eigenvalue weighted by molar-refractivity contribution is 0.0976. The molecule has 0 unspecified atom stereocenters. The normalized spacial score (nSPS) is 9.85. The van der Waals surface area contributed by atoms with Gasteiger partial charge in [-0.15, -0.1) is 0 Å². The van der Waals surface area contributed by atoms with Crippen molar-refractivity contribution in [3.63, 3.8) is 0 Å². The van der Waals surface area contributed by atoms with Crippen molar-refractivity contribution in [3.8, 4) is 0 Å². The van der Waals surface area contributed by atoms with Crippen molar-refractivity contribution in [2.75, 3.05) is 0 Å². The standard InChI is InChI=1S/C15H15N3OS/c1-11-2-4-13(5-3-11)14(19)18-15(20)17-10-12-6-8-16-9-7-12/h2-9H,10H2,1H3,(H2,17,18,19,20). The second-order valence-electron chi connectivity index (χ2n) is 4.36. The molecular weight excluding hydrogens is 270 g/mol. The van der Waals surface area contributed by atoms with E-state index in [4.69, 9.17) is 12.2 Å². The van der Waals surface area contributed by atoms with Crippen LogP contribution in [0.5, 0.6) is 0 Å². The van der Waals surface area contributed by atoms with Gasteiger partial charge < -0.3 is 5.32 Å². The van der Waals surface area contributed by atoms with E-state index in [0.717, 1.165) is 11.1 Å². The van der Waals surface area contributed by atoms with Gasteiger partial charge in [0.15, 0.2) is 5.11 Å². The molecule has 0 atom stereocenters. The van der Waals surface area contributed by atoms with E-state index in [0.29, 0.717) is 17.2 Å². The lowest BCUT2D eigenvalue weighted by Gasteiger charge is -2.09. The van der Waals surface area contributed by atoms with Gasteiger partial charge in [0.2, 0.25) is 0 Å². The average Bonchev–Trinajstić information content (AvgIpc) is 2.47. The van der Waals surface area contributed by atoms with Crippen LogP contribution in [0, 0.1) is 6.92 Å². The van der Waals surface area contributed by atoms with Gasteiger partial charge in [0.25, 0.3) is 5.91 Å². The van der Waals surface area contributed by atoms with Gasteiger partial charge in [-0.2, -0.15) is 0 Å². The summed E-state index contributed by atoms with van der Waals surface area (Å²) in [7, 11) is 0. The molecule has 0 aliphatic heterocycles. The summed E-state index contributed by atoms with van der Waals surface area (Å²) in [5.41, 5.74) is 2.75. The number of aryl methyl sites for hydroxylation is 1. The molecule has 1 aromatic carbocycles. The zero-order valence-electron chi connectivity index (χ0n) is 11.1. The van der Waals surface area contributed by atoms with Crippen molar-refractivity contribution in [2.24, 2.45) is 0 Å². The number of nitrogens with zero attached hydrogens (tertiary/aromatic N) is 1. The van der Waals surface area contributed by atoms with Gasteiger partial charge in [-0.05, 0) is 49.0 Å². The monoisotopic (exact) mass is 285 g/mol. The molecular formula is C15H15N3OS. The molecule has 0 aliphatic rings. The predicted molar refractivity (Wildman–Crippen MR) is 82.3 cm³/mol. The minimum absolute atomic E-state index is 0.211. The molecule has 1 heterocycles. The Morgan fingerprint density at radius 3 is 2.45 bits per heavy atom. The summed E-state index contributed by atoms with van der Waals surface area (Å²) < 4.78 is 0. The molecule has 2 aromatic rings. The number of carbonyl (C=O) groups excluding carboxylic acids is 1. The molecule has 0 bridgehead atoms. The van der Waals surface area contributed by atoms with Crippen LogP contribution in [0.1, 0.15) is 21.5 Å². The van der Waals surface area contributed by atoms with Crippen LogP contribution in [0.15, 0.2) is 48.8 Å². The van der Waals surface area contributed by atoms with Crippen molar-refractivity contribution in [2.45, 2.75) is 13.5 Å². The van der Waals surface area contributed by atoms with Gasteiger partial charge in [-0.25, -0.2) is 0 Å². The summed E-state index contributed by atoms with van der Waals surface area (Å²) in [5.74, 6) is -0.211. The number of amides is 1. The van der Waals surface area contributed by atoms with Crippen LogP contribution in [0.2, 0.25) is 0 Å². The number of hydrogen-bond donors (Lipinski definition) is 2. The van der Waals surface area contributed by atoms with Gasteiger partial charge in [0.1, 0.15) is 0 Å². The molecule has 0 fully saturated rings. The van der Waals surface area contributed by atoms with Gasteiger partial charge >= 0.3 is 0 Å². The second kappa shape index (κ2) is 6.77. The highest BCUT2D eigenvalue weighted by atomic mass is 32.1. The lowest BCUT2D eigenvalue weighted by atomic mass is 10.1. The SMILES string of the molecule is Cc1ccc(C(=O)NC(=S)NCc2ccncc2)cc1. The topological polar surface area (TPSA) is 54.0 Å². The van der Waals surface area contributed by atoms with E-state index in [-0.39, 0.29) is 5.91 Å². The Kier molecular flexibility index (Phi) is 4.79. The molecule has 2 N–H and O–H groups in total. The molecule has 0 spiro atoms. The number of thiocarbonyl (C=S) groups is 1. The number of benzene rings is 1. The fourth-order valence-electron chi connectivity index (χ4n) is 1.61. The van der Waals surface area contributed by atoms with Gasteiger partial charge in [0, 0.05) is 24.5 Å². The predicted octanol–water partition coefficient (Wildman–Crippen LogP) is 2.19. The molecule has 102 valence electrons. The van der Waals surface area contributed by atoms with E-state index in [2.05, 4.69) is 15.6 Å². The zero-order chi connectivity index (χ0) is 14.4. The Hall–Kier alpha value is -2.27. The van der Waals surface area contributed by atoms with Crippen molar-refractivity contribution < 1.29 is 4.79 Å². The summed E-state index contributed by atoms with van der Waals surface area (Å²) in [5, 5.41) is 5.95.